The first-order valence-electron chi connectivity index (χ1n) is 10.5. The number of carbonyl (C=O) groups excluding carboxylic acids is 1. The molecule has 1 unspecified atom stereocenters. The molecule has 1 spiro atoms. The van der Waals surface area contributed by atoms with Crippen LogP contribution in [0.3, 0.4) is 0 Å². The van der Waals surface area contributed by atoms with E-state index < -0.39 is 0 Å². The normalized spacial score (nSPS) is 20.3. The van der Waals surface area contributed by atoms with Crippen LogP contribution in [0, 0.1) is 5.82 Å². The fourth-order valence-electron chi connectivity index (χ4n) is 4.93. The fraction of sp³-hybridized carbons (Fsp3) is 0.458. The van der Waals surface area contributed by atoms with Crippen LogP contribution < -0.4 is 0 Å². The number of aromatic hydroxyl groups is 1. The number of likely N-dealkylation sites (tertiary alicyclic amines) is 2. The van der Waals surface area contributed by atoms with Gasteiger partial charge in [-0.05, 0) is 56.4 Å². The first-order chi connectivity index (χ1) is 14.0. The van der Waals surface area contributed by atoms with Gasteiger partial charge in [0.25, 0.3) is 0 Å². The molecule has 0 saturated carbocycles. The Balaban J connectivity index is 1.40. The number of hydrogen-bond donors (Lipinski definition) is 1. The number of phenols is 1. The van der Waals surface area contributed by atoms with Crippen LogP contribution in [0.1, 0.15) is 43.7 Å². The molecule has 4 nitrogen and oxygen atoms in total. The third-order valence-corrected chi connectivity index (χ3v) is 6.78. The minimum absolute atomic E-state index is 0.131. The van der Waals surface area contributed by atoms with Crippen molar-refractivity contribution in [1.29, 1.82) is 0 Å². The second-order valence-corrected chi connectivity index (χ2v) is 8.55. The number of carbonyl (C=O) groups is 1. The lowest BCUT2D eigenvalue weighted by Gasteiger charge is -2.46. The summed E-state index contributed by atoms with van der Waals surface area (Å²) in [5.41, 5.74) is 1.69. The van der Waals surface area contributed by atoms with Gasteiger partial charge in [0.15, 0.2) is 0 Å². The largest absolute Gasteiger partial charge is 0.508 e. The molecule has 5 heteroatoms. The SMILES string of the molecule is CC(Cc1ccc(O)cc1)N1CCC2(CCC(=O)N2Cc2ccccc2F)CC1. The molecule has 0 bridgehead atoms. The van der Waals surface area contributed by atoms with Crippen LogP contribution in [0.2, 0.25) is 0 Å². The van der Waals surface area contributed by atoms with E-state index in [1.807, 2.05) is 23.1 Å². The molecule has 2 aromatic carbocycles. The molecule has 2 aliphatic rings. The number of piperidine rings is 1. The van der Waals surface area contributed by atoms with Crippen LogP contribution in [-0.2, 0) is 17.8 Å². The maximum atomic E-state index is 14.2. The second-order valence-electron chi connectivity index (χ2n) is 8.55. The highest BCUT2D eigenvalue weighted by Gasteiger charge is 2.47. The van der Waals surface area contributed by atoms with Gasteiger partial charge in [-0.3, -0.25) is 4.79 Å². The standard InChI is InChI=1S/C24H29FN2O2/c1-18(16-19-6-8-21(28)9-7-19)26-14-12-24(13-15-26)11-10-23(29)27(24)17-20-4-2-3-5-22(20)25/h2-9,18,28H,10-17H2,1H3. The Morgan fingerprint density at radius 1 is 1.07 bits per heavy atom. The fourth-order valence-corrected chi connectivity index (χ4v) is 4.93. The quantitative estimate of drug-likeness (QED) is 0.827. The molecule has 0 radical (unpaired) electrons. The zero-order chi connectivity index (χ0) is 20.4. The van der Waals surface area contributed by atoms with Crippen molar-refractivity contribution in [3.63, 3.8) is 0 Å². The van der Waals surface area contributed by atoms with Crippen molar-refractivity contribution in [1.82, 2.24) is 9.80 Å². The van der Waals surface area contributed by atoms with Crippen LogP contribution in [-0.4, -0.2) is 45.5 Å². The van der Waals surface area contributed by atoms with E-state index in [0.29, 0.717) is 30.3 Å². The zero-order valence-electron chi connectivity index (χ0n) is 17.0. The zero-order valence-corrected chi connectivity index (χ0v) is 17.0. The molecule has 29 heavy (non-hydrogen) atoms. The number of hydrogen-bond acceptors (Lipinski definition) is 3. The molecule has 1 N–H and O–H groups in total. The van der Waals surface area contributed by atoms with Crippen LogP contribution >= 0.6 is 0 Å². The van der Waals surface area contributed by atoms with E-state index in [9.17, 15) is 14.3 Å². The lowest BCUT2D eigenvalue weighted by molar-refractivity contribution is -0.133. The summed E-state index contributed by atoms with van der Waals surface area (Å²) in [6, 6.07) is 14.6. The Hall–Kier alpha value is -2.40. The molecule has 2 heterocycles. The van der Waals surface area contributed by atoms with Crippen LogP contribution in [0.25, 0.3) is 0 Å². The summed E-state index contributed by atoms with van der Waals surface area (Å²) in [6.45, 7) is 4.50. The molecule has 2 aliphatic heterocycles. The van der Waals surface area contributed by atoms with E-state index >= 15 is 0 Å². The highest BCUT2D eigenvalue weighted by Crippen LogP contribution is 2.40. The van der Waals surface area contributed by atoms with E-state index in [1.165, 1.54) is 11.6 Å². The molecule has 1 amide bonds. The Bertz CT molecular complexity index is 859. The number of benzene rings is 2. The summed E-state index contributed by atoms with van der Waals surface area (Å²) in [6.07, 6.45) is 4.25. The molecule has 2 fully saturated rings. The summed E-state index contributed by atoms with van der Waals surface area (Å²) < 4.78 is 14.2. The summed E-state index contributed by atoms with van der Waals surface area (Å²) in [5.74, 6) is 0.211. The maximum absolute atomic E-state index is 14.2. The van der Waals surface area contributed by atoms with Crippen molar-refractivity contribution < 1.29 is 14.3 Å². The van der Waals surface area contributed by atoms with Crippen molar-refractivity contribution in [2.75, 3.05) is 13.1 Å². The van der Waals surface area contributed by atoms with Crippen molar-refractivity contribution in [2.45, 2.75) is 57.2 Å². The predicted octanol–water partition coefficient (Wildman–Crippen LogP) is 4.12. The van der Waals surface area contributed by atoms with E-state index in [1.54, 1.807) is 24.3 Å². The molecule has 0 aliphatic carbocycles. The van der Waals surface area contributed by atoms with Gasteiger partial charge in [0.05, 0.1) is 0 Å². The second kappa shape index (κ2) is 8.15. The van der Waals surface area contributed by atoms with Crippen molar-refractivity contribution >= 4 is 5.91 Å². The molecule has 0 aromatic heterocycles. The Morgan fingerprint density at radius 3 is 2.45 bits per heavy atom. The molecular formula is C24H29FN2O2. The number of nitrogens with zero attached hydrogens (tertiary/aromatic N) is 2. The minimum Gasteiger partial charge on any atom is -0.508 e. The highest BCUT2D eigenvalue weighted by atomic mass is 19.1. The predicted molar refractivity (Wildman–Crippen MR) is 111 cm³/mol. The molecule has 4 rings (SSSR count). The smallest absolute Gasteiger partial charge is 0.223 e. The summed E-state index contributed by atoms with van der Waals surface area (Å²) in [5, 5.41) is 9.46. The van der Waals surface area contributed by atoms with Gasteiger partial charge in [-0.25, -0.2) is 4.39 Å². The third kappa shape index (κ3) is 4.15. The molecular weight excluding hydrogens is 367 g/mol. The first kappa shape index (κ1) is 19.9. The first-order valence-corrected chi connectivity index (χ1v) is 10.5. The summed E-state index contributed by atoms with van der Waals surface area (Å²) in [7, 11) is 0. The van der Waals surface area contributed by atoms with Crippen molar-refractivity contribution in [3.8, 4) is 5.75 Å². The van der Waals surface area contributed by atoms with Gasteiger partial charge in [0.2, 0.25) is 5.91 Å². The van der Waals surface area contributed by atoms with Gasteiger partial charge in [-0.15, -0.1) is 0 Å². The van der Waals surface area contributed by atoms with Gasteiger partial charge in [-0.1, -0.05) is 30.3 Å². The van der Waals surface area contributed by atoms with Gasteiger partial charge in [0.1, 0.15) is 11.6 Å². The lowest BCUT2D eigenvalue weighted by atomic mass is 9.84. The van der Waals surface area contributed by atoms with Gasteiger partial charge < -0.3 is 14.9 Å². The molecule has 154 valence electrons. The number of phenolic OH excluding ortho intramolecular Hbond substituents is 1. The average Bonchev–Trinajstić information content (AvgIpc) is 3.01. The van der Waals surface area contributed by atoms with Crippen LogP contribution in [0.4, 0.5) is 4.39 Å². The van der Waals surface area contributed by atoms with Gasteiger partial charge in [-0.2, -0.15) is 0 Å². The Kier molecular flexibility index (Phi) is 5.59. The Morgan fingerprint density at radius 2 is 1.76 bits per heavy atom. The van der Waals surface area contributed by atoms with Gasteiger partial charge >= 0.3 is 0 Å². The van der Waals surface area contributed by atoms with Crippen LogP contribution in [0.5, 0.6) is 5.75 Å². The van der Waals surface area contributed by atoms with Crippen molar-refractivity contribution in [2.24, 2.45) is 0 Å². The van der Waals surface area contributed by atoms with E-state index in [0.717, 1.165) is 38.8 Å². The average molecular weight is 397 g/mol. The van der Waals surface area contributed by atoms with E-state index in [2.05, 4.69) is 11.8 Å². The number of halogens is 1. The number of amides is 1. The molecule has 2 aromatic rings. The lowest BCUT2D eigenvalue weighted by Crippen LogP contribution is -2.54. The summed E-state index contributed by atoms with van der Waals surface area (Å²) in [4.78, 5) is 17.1. The highest BCUT2D eigenvalue weighted by molar-refractivity contribution is 5.79. The van der Waals surface area contributed by atoms with Crippen molar-refractivity contribution in [3.05, 3.63) is 65.5 Å². The van der Waals surface area contributed by atoms with E-state index in [-0.39, 0.29) is 17.3 Å². The Labute approximate surface area is 171 Å². The van der Waals surface area contributed by atoms with E-state index in [4.69, 9.17) is 0 Å². The monoisotopic (exact) mass is 396 g/mol. The number of rotatable bonds is 5. The van der Waals surface area contributed by atoms with Crippen LogP contribution in [0.15, 0.2) is 48.5 Å². The van der Waals surface area contributed by atoms with Gasteiger partial charge in [0, 0.05) is 43.2 Å². The maximum Gasteiger partial charge on any atom is 0.223 e. The molecule has 2 saturated heterocycles. The summed E-state index contributed by atoms with van der Waals surface area (Å²) >= 11 is 0. The third-order valence-electron chi connectivity index (χ3n) is 6.78. The topological polar surface area (TPSA) is 43.8 Å². The minimum atomic E-state index is -0.234. The molecule has 1 atom stereocenters.